The van der Waals surface area contributed by atoms with Crippen molar-refractivity contribution in [1.29, 1.82) is 5.26 Å². The largest absolute Gasteiger partial charge is 0.368 e. The van der Waals surface area contributed by atoms with Gasteiger partial charge in [-0.25, -0.2) is 0 Å². The summed E-state index contributed by atoms with van der Waals surface area (Å²) in [6.07, 6.45) is 0.0421. The summed E-state index contributed by atoms with van der Waals surface area (Å²) in [6.45, 7) is 3.52. The van der Waals surface area contributed by atoms with E-state index in [2.05, 4.69) is 10.6 Å². The Bertz CT molecular complexity index is 639. The number of amides is 3. The van der Waals surface area contributed by atoms with E-state index in [9.17, 15) is 14.4 Å². The molecule has 7 nitrogen and oxygen atoms in total. The van der Waals surface area contributed by atoms with Gasteiger partial charge in [0.1, 0.15) is 6.04 Å². The number of nitrogens with one attached hydrogen (secondary N) is 2. The van der Waals surface area contributed by atoms with Gasteiger partial charge in [-0.3, -0.25) is 14.4 Å². The highest BCUT2D eigenvalue weighted by Gasteiger charge is 2.24. The highest BCUT2D eigenvalue weighted by atomic mass is 16.2. The number of carbonyl (C=O) groups excluding carboxylic acids is 3. The van der Waals surface area contributed by atoms with E-state index in [1.54, 1.807) is 6.92 Å². The Hall–Kier alpha value is -2.88. The lowest BCUT2D eigenvalue weighted by atomic mass is 9.98. The fraction of sp³-hybridized carbons (Fsp3) is 0.444. The van der Waals surface area contributed by atoms with Gasteiger partial charge in [-0.05, 0) is 18.4 Å². The summed E-state index contributed by atoms with van der Waals surface area (Å²) in [4.78, 5) is 35.3. The third kappa shape index (κ3) is 7.04. The minimum atomic E-state index is -0.918. The third-order valence-corrected chi connectivity index (χ3v) is 3.86. The Labute approximate surface area is 147 Å². The van der Waals surface area contributed by atoms with Crippen LogP contribution < -0.4 is 16.4 Å². The van der Waals surface area contributed by atoms with Crippen molar-refractivity contribution in [2.45, 2.75) is 45.2 Å². The van der Waals surface area contributed by atoms with Gasteiger partial charge in [0.05, 0.1) is 12.1 Å². The van der Waals surface area contributed by atoms with E-state index in [4.69, 9.17) is 11.0 Å². The van der Waals surface area contributed by atoms with Crippen molar-refractivity contribution in [2.75, 3.05) is 0 Å². The van der Waals surface area contributed by atoms with Crippen molar-refractivity contribution >= 4 is 17.7 Å². The van der Waals surface area contributed by atoms with Crippen LogP contribution in [0, 0.1) is 17.2 Å². The van der Waals surface area contributed by atoms with Gasteiger partial charge in [0.15, 0.2) is 0 Å². The molecule has 1 aromatic rings. The first kappa shape index (κ1) is 20.2. The summed E-state index contributed by atoms with van der Waals surface area (Å²) < 4.78 is 0. The van der Waals surface area contributed by atoms with Crippen LogP contribution in [0.3, 0.4) is 0 Å². The van der Waals surface area contributed by atoms with Gasteiger partial charge in [-0.2, -0.15) is 5.26 Å². The monoisotopic (exact) mass is 344 g/mol. The summed E-state index contributed by atoms with van der Waals surface area (Å²) in [6, 6.07) is 10.3. The maximum Gasteiger partial charge on any atom is 0.240 e. The average Bonchev–Trinajstić information content (AvgIpc) is 2.58. The topological polar surface area (TPSA) is 125 Å². The molecular formula is C18H24N4O3. The smallest absolute Gasteiger partial charge is 0.240 e. The number of carbonyl (C=O) groups is 3. The molecule has 25 heavy (non-hydrogen) atoms. The van der Waals surface area contributed by atoms with Crippen LogP contribution in [-0.2, 0) is 14.4 Å². The Morgan fingerprint density at radius 3 is 2.16 bits per heavy atom. The zero-order valence-electron chi connectivity index (χ0n) is 14.5. The number of hydrogen-bond donors (Lipinski definition) is 3. The number of hydrogen-bond acceptors (Lipinski definition) is 4. The van der Waals surface area contributed by atoms with Crippen molar-refractivity contribution in [3.63, 3.8) is 0 Å². The van der Waals surface area contributed by atoms with Crippen LogP contribution >= 0.6 is 0 Å². The van der Waals surface area contributed by atoms with E-state index >= 15 is 0 Å². The van der Waals surface area contributed by atoms with Gasteiger partial charge in [0.2, 0.25) is 17.7 Å². The Morgan fingerprint density at radius 2 is 1.64 bits per heavy atom. The highest BCUT2D eigenvalue weighted by molar-refractivity contribution is 5.88. The fourth-order valence-electron chi connectivity index (χ4n) is 2.37. The van der Waals surface area contributed by atoms with Crippen LogP contribution in [0.1, 0.15) is 44.7 Å². The second kappa shape index (κ2) is 10.1. The predicted molar refractivity (Wildman–Crippen MR) is 92.8 cm³/mol. The molecule has 134 valence electrons. The molecule has 3 atom stereocenters. The van der Waals surface area contributed by atoms with Gasteiger partial charge in [0.25, 0.3) is 0 Å². The zero-order valence-corrected chi connectivity index (χ0v) is 14.5. The van der Waals surface area contributed by atoms with Gasteiger partial charge < -0.3 is 16.4 Å². The van der Waals surface area contributed by atoms with Gasteiger partial charge in [-0.1, -0.05) is 37.3 Å². The molecule has 0 spiro atoms. The third-order valence-electron chi connectivity index (χ3n) is 3.86. The molecule has 0 saturated heterocycles. The van der Waals surface area contributed by atoms with Crippen LogP contribution in [0.4, 0.5) is 0 Å². The van der Waals surface area contributed by atoms with E-state index < -0.39 is 23.8 Å². The Balaban J connectivity index is 2.45. The van der Waals surface area contributed by atoms with Crippen LogP contribution in [-0.4, -0.2) is 23.8 Å². The quantitative estimate of drug-likeness (QED) is 0.621. The Morgan fingerprint density at radius 1 is 1.08 bits per heavy atom. The van der Waals surface area contributed by atoms with Crippen LogP contribution in [0.25, 0.3) is 0 Å². The van der Waals surface area contributed by atoms with Crippen molar-refractivity contribution < 1.29 is 14.4 Å². The fourth-order valence-corrected chi connectivity index (χ4v) is 2.37. The molecule has 1 rings (SSSR count). The summed E-state index contributed by atoms with van der Waals surface area (Å²) in [5.74, 6) is -1.79. The first-order valence-corrected chi connectivity index (χ1v) is 8.15. The maximum atomic E-state index is 12.0. The standard InChI is InChI=1S/C18H24N4O3/c1-12(10-11-19)17(18(20)25)22-16(24)9-8-15(23)21-13(2)14-6-4-3-5-7-14/h3-7,12-13,17H,8-10H2,1-2H3,(H2,20,25)(H,21,23)(H,22,24)/t12-,13+,17-/m0/s1. The molecule has 4 N–H and O–H groups in total. The number of nitrogens with zero attached hydrogens (tertiary/aromatic N) is 1. The molecule has 0 saturated carbocycles. The van der Waals surface area contributed by atoms with E-state index in [0.717, 1.165) is 5.56 Å². The molecule has 7 heteroatoms. The molecule has 3 amide bonds. The van der Waals surface area contributed by atoms with Crippen LogP contribution in [0.15, 0.2) is 30.3 Å². The molecule has 0 fully saturated rings. The average molecular weight is 344 g/mol. The molecule has 0 aromatic heterocycles. The maximum absolute atomic E-state index is 12.0. The highest BCUT2D eigenvalue weighted by Crippen LogP contribution is 2.11. The van der Waals surface area contributed by atoms with E-state index in [1.807, 2.05) is 43.3 Å². The summed E-state index contributed by atoms with van der Waals surface area (Å²) in [7, 11) is 0. The molecular weight excluding hydrogens is 320 g/mol. The second-order valence-electron chi connectivity index (χ2n) is 5.99. The lowest BCUT2D eigenvalue weighted by Gasteiger charge is -2.20. The van der Waals surface area contributed by atoms with E-state index in [-0.39, 0.29) is 31.2 Å². The number of nitrogens with two attached hydrogens (primary N) is 1. The molecule has 0 heterocycles. The van der Waals surface area contributed by atoms with Gasteiger partial charge >= 0.3 is 0 Å². The lowest BCUT2D eigenvalue weighted by Crippen LogP contribution is -2.48. The molecule has 1 aromatic carbocycles. The predicted octanol–water partition coefficient (Wildman–Crippen LogP) is 1.16. The van der Waals surface area contributed by atoms with E-state index in [0.29, 0.717) is 0 Å². The van der Waals surface area contributed by atoms with E-state index in [1.165, 1.54) is 0 Å². The zero-order chi connectivity index (χ0) is 18.8. The first-order chi connectivity index (χ1) is 11.8. The van der Waals surface area contributed by atoms with Crippen molar-refractivity contribution in [2.24, 2.45) is 11.7 Å². The lowest BCUT2D eigenvalue weighted by molar-refractivity contribution is -0.130. The number of nitriles is 1. The number of primary amides is 1. The second-order valence-corrected chi connectivity index (χ2v) is 5.99. The minimum absolute atomic E-state index is 0.00111. The van der Waals surface area contributed by atoms with Crippen molar-refractivity contribution in [3.8, 4) is 6.07 Å². The molecule has 0 radical (unpaired) electrons. The molecule has 0 aliphatic rings. The SMILES string of the molecule is C[C@@H](NC(=O)CCC(=O)N[C@H](C(N)=O)[C@@H](C)CC#N)c1ccccc1. The van der Waals surface area contributed by atoms with Gasteiger partial charge in [0, 0.05) is 19.3 Å². The molecule has 0 aliphatic carbocycles. The summed E-state index contributed by atoms with van der Waals surface area (Å²) in [5.41, 5.74) is 6.23. The van der Waals surface area contributed by atoms with Gasteiger partial charge in [-0.15, -0.1) is 0 Å². The normalized spacial score (nSPS) is 13.8. The van der Waals surface area contributed by atoms with Crippen molar-refractivity contribution in [1.82, 2.24) is 10.6 Å². The first-order valence-electron chi connectivity index (χ1n) is 8.15. The molecule has 0 bridgehead atoms. The summed E-state index contributed by atoms with van der Waals surface area (Å²) in [5, 5.41) is 14.0. The molecule has 0 aliphatic heterocycles. The van der Waals surface area contributed by atoms with Crippen molar-refractivity contribution in [3.05, 3.63) is 35.9 Å². The number of rotatable bonds is 9. The summed E-state index contributed by atoms with van der Waals surface area (Å²) >= 11 is 0. The Kier molecular flexibility index (Phi) is 8.13. The molecule has 0 unspecified atom stereocenters. The van der Waals surface area contributed by atoms with Crippen LogP contribution in [0.2, 0.25) is 0 Å². The minimum Gasteiger partial charge on any atom is -0.368 e. The number of benzene rings is 1. The van der Waals surface area contributed by atoms with Crippen LogP contribution in [0.5, 0.6) is 0 Å².